The zero-order chi connectivity index (χ0) is 14.4. The van der Waals surface area contributed by atoms with Crippen molar-refractivity contribution in [1.82, 2.24) is 5.32 Å². The van der Waals surface area contributed by atoms with Gasteiger partial charge >= 0.3 is 0 Å². The minimum Gasteiger partial charge on any atom is -0.508 e. The Labute approximate surface area is 108 Å². The molecule has 19 heavy (non-hydrogen) atoms. The number of nitrogens with one attached hydrogen (secondary N) is 1. The number of amides is 2. The molecule has 0 atom stereocenters. The molecule has 0 radical (unpaired) electrons. The molecule has 102 valence electrons. The van der Waals surface area contributed by atoms with Crippen molar-refractivity contribution in [3.05, 3.63) is 33.9 Å². The molecule has 1 aromatic carbocycles. The Balaban J connectivity index is 2.73. The highest BCUT2D eigenvalue weighted by molar-refractivity contribution is 5.98. The van der Waals surface area contributed by atoms with Crippen molar-refractivity contribution in [1.29, 1.82) is 0 Å². The molecular formula is C11H13N3O5. The van der Waals surface area contributed by atoms with E-state index in [1.807, 2.05) is 0 Å². The molecule has 0 saturated heterocycles. The number of hydrogen-bond acceptors (Lipinski definition) is 5. The van der Waals surface area contributed by atoms with Crippen molar-refractivity contribution in [3.63, 3.8) is 0 Å². The number of rotatable bonds is 6. The van der Waals surface area contributed by atoms with Gasteiger partial charge in [0.05, 0.1) is 4.92 Å². The van der Waals surface area contributed by atoms with Gasteiger partial charge in [0.25, 0.3) is 11.6 Å². The van der Waals surface area contributed by atoms with Crippen LogP contribution in [0.2, 0.25) is 0 Å². The number of aromatic hydroxyl groups is 1. The lowest BCUT2D eigenvalue weighted by Gasteiger charge is -2.05. The molecule has 0 spiro atoms. The maximum absolute atomic E-state index is 11.7. The van der Waals surface area contributed by atoms with E-state index >= 15 is 0 Å². The summed E-state index contributed by atoms with van der Waals surface area (Å²) in [6, 6.07) is 3.19. The van der Waals surface area contributed by atoms with Gasteiger partial charge in [-0.2, -0.15) is 0 Å². The predicted octanol–water partition coefficient (Wildman–Crippen LogP) is 0.296. The van der Waals surface area contributed by atoms with Crippen molar-refractivity contribution in [2.45, 2.75) is 12.8 Å². The van der Waals surface area contributed by atoms with Crippen LogP contribution in [0.4, 0.5) is 5.69 Å². The minimum atomic E-state index is -0.711. The summed E-state index contributed by atoms with van der Waals surface area (Å²) in [5, 5.41) is 22.4. The van der Waals surface area contributed by atoms with Gasteiger partial charge in [-0.25, -0.2) is 0 Å². The molecule has 8 nitrogen and oxygen atoms in total. The topological polar surface area (TPSA) is 136 Å². The van der Waals surface area contributed by atoms with E-state index in [4.69, 9.17) is 5.73 Å². The molecule has 0 bridgehead atoms. The average molecular weight is 267 g/mol. The van der Waals surface area contributed by atoms with Crippen molar-refractivity contribution in [3.8, 4) is 5.75 Å². The smallest absolute Gasteiger partial charge is 0.282 e. The summed E-state index contributed by atoms with van der Waals surface area (Å²) in [5.41, 5.74) is 4.30. The number of nitro groups is 1. The summed E-state index contributed by atoms with van der Waals surface area (Å²) in [7, 11) is 0. The van der Waals surface area contributed by atoms with Crippen LogP contribution < -0.4 is 11.1 Å². The van der Waals surface area contributed by atoms with Gasteiger partial charge in [0.15, 0.2) is 0 Å². The van der Waals surface area contributed by atoms with Crippen molar-refractivity contribution in [2.24, 2.45) is 5.73 Å². The van der Waals surface area contributed by atoms with Crippen LogP contribution in [0.5, 0.6) is 5.75 Å². The van der Waals surface area contributed by atoms with E-state index < -0.39 is 22.4 Å². The van der Waals surface area contributed by atoms with Crippen LogP contribution in [-0.2, 0) is 4.79 Å². The average Bonchev–Trinajstić information content (AvgIpc) is 2.33. The Kier molecular flexibility index (Phi) is 4.81. The number of phenolic OH excluding ortho intramolecular Hbond substituents is 1. The molecule has 0 heterocycles. The van der Waals surface area contributed by atoms with Crippen molar-refractivity contribution >= 4 is 17.5 Å². The molecule has 4 N–H and O–H groups in total. The highest BCUT2D eigenvalue weighted by atomic mass is 16.6. The molecule has 0 aliphatic carbocycles. The molecule has 0 saturated carbocycles. The molecule has 2 amide bonds. The van der Waals surface area contributed by atoms with Gasteiger partial charge in [-0.05, 0) is 18.6 Å². The number of hydrogen-bond donors (Lipinski definition) is 3. The lowest BCUT2D eigenvalue weighted by molar-refractivity contribution is -0.385. The lowest BCUT2D eigenvalue weighted by Crippen LogP contribution is -2.26. The highest BCUT2D eigenvalue weighted by Crippen LogP contribution is 2.23. The van der Waals surface area contributed by atoms with Crippen LogP contribution in [0.3, 0.4) is 0 Å². The van der Waals surface area contributed by atoms with Gasteiger partial charge in [0.1, 0.15) is 11.3 Å². The first-order valence-corrected chi connectivity index (χ1v) is 5.45. The molecule has 0 aliphatic rings. The maximum Gasteiger partial charge on any atom is 0.282 e. The molecule has 1 rings (SSSR count). The zero-order valence-corrected chi connectivity index (χ0v) is 9.96. The third-order valence-corrected chi connectivity index (χ3v) is 2.31. The van der Waals surface area contributed by atoms with Crippen molar-refractivity contribution in [2.75, 3.05) is 6.54 Å². The van der Waals surface area contributed by atoms with E-state index in [-0.39, 0.29) is 24.3 Å². The van der Waals surface area contributed by atoms with Crippen LogP contribution in [-0.4, -0.2) is 28.4 Å². The first kappa shape index (κ1) is 14.4. The number of primary amides is 1. The van der Waals surface area contributed by atoms with Crippen molar-refractivity contribution < 1.29 is 19.6 Å². The molecular weight excluding hydrogens is 254 g/mol. The second kappa shape index (κ2) is 6.34. The number of carbonyl (C=O) groups is 2. The van der Waals surface area contributed by atoms with Crippen LogP contribution in [0, 0.1) is 10.1 Å². The number of nitro benzene ring substituents is 1. The third-order valence-electron chi connectivity index (χ3n) is 2.31. The summed E-state index contributed by atoms with van der Waals surface area (Å²) in [6.45, 7) is 0.161. The number of carbonyl (C=O) groups excluding carboxylic acids is 2. The first-order chi connectivity index (χ1) is 8.91. The van der Waals surface area contributed by atoms with Gasteiger partial charge < -0.3 is 16.2 Å². The SMILES string of the molecule is NC(=O)CCCNC(=O)c1cc(O)ccc1[N+](=O)[O-]. The summed E-state index contributed by atoms with van der Waals surface area (Å²) in [4.78, 5) is 32.2. The fourth-order valence-corrected chi connectivity index (χ4v) is 1.42. The second-order valence-corrected chi connectivity index (χ2v) is 3.78. The normalized spacial score (nSPS) is 9.89. The molecule has 0 aromatic heterocycles. The molecule has 0 fully saturated rings. The Morgan fingerprint density at radius 1 is 1.42 bits per heavy atom. The Bertz CT molecular complexity index is 515. The minimum absolute atomic E-state index is 0.114. The summed E-state index contributed by atoms with van der Waals surface area (Å²) in [5.74, 6) is -1.42. The fourth-order valence-electron chi connectivity index (χ4n) is 1.42. The van der Waals surface area contributed by atoms with E-state index in [1.165, 1.54) is 0 Å². The molecule has 8 heteroatoms. The van der Waals surface area contributed by atoms with Gasteiger partial charge in [-0.15, -0.1) is 0 Å². The highest BCUT2D eigenvalue weighted by Gasteiger charge is 2.20. The molecule has 0 aliphatic heterocycles. The summed E-state index contributed by atoms with van der Waals surface area (Å²) < 4.78 is 0. The van der Waals surface area contributed by atoms with Gasteiger partial charge in [0, 0.05) is 19.0 Å². The summed E-state index contributed by atoms with van der Waals surface area (Å²) in [6.07, 6.45) is 0.454. The number of benzene rings is 1. The Morgan fingerprint density at radius 2 is 2.11 bits per heavy atom. The number of phenols is 1. The monoisotopic (exact) mass is 267 g/mol. The predicted molar refractivity (Wildman–Crippen MR) is 65.5 cm³/mol. The van der Waals surface area contributed by atoms with Gasteiger partial charge in [-0.3, -0.25) is 19.7 Å². The van der Waals surface area contributed by atoms with E-state index in [9.17, 15) is 24.8 Å². The van der Waals surface area contributed by atoms with E-state index in [2.05, 4.69) is 5.32 Å². The standard InChI is InChI=1S/C11H13N3O5/c12-10(16)2-1-5-13-11(17)8-6-7(15)3-4-9(8)14(18)19/h3-4,6,15H,1-2,5H2,(H2,12,16)(H,13,17). The number of nitrogens with zero attached hydrogens (tertiary/aromatic N) is 1. The number of nitrogens with two attached hydrogens (primary N) is 1. The first-order valence-electron chi connectivity index (χ1n) is 5.45. The van der Waals surface area contributed by atoms with Crippen LogP contribution in [0.15, 0.2) is 18.2 Å². The van der Waals surface area contributed by atoms with Crippen LogP contribution in [0.1, 0.15) is 23.2 Å². The van der Waals surface area contributed by atoms with Crippen LogP contribution >= 0.6 is 0 Å². The quantitative estimate of drug-likeness (QED) is 0.387. The second-order valence-electron chi connectivity index (χ2n) is 3.78. The zero-order valence-electron chi connectivity index (χ0n) is 9.96. The largest absolute Gasteiger partial charge is 0.508 e. The lowest BCUT2D eigenvalue weighted by atomic mass is 10.1. The van der Waals surface area contributed by atoms with E-state index in [0.29, 0.717) is 6.42 Å². The fraction of sp³-hybridized carbons (Fsp3) is 0.273. The Morgan fingerprint density at radius 3 is 2.68 bits per heavy atom. The van der Waals surface area contributed by atoms with E-state index in [0.717, 1.165) is 18.2 Å². The Hall–Kier alpha value is -2.64. The van der Waals surface area contributed by atoms with Gasteiger partial charge in [-0.1, -0.05) is 0 Å². The molecule has 1 aromatic rings. The molecule has 0 unspecified atom stereocenters. The van der Waals surface area contributed by atoms with Gasteiger partial charge in [0.2, 0.25) is 5.91 Å². The maximum atomic E-state index is 11.7. The van der Waals surface area contributed by atoms with Crippen LogP contribution in [0.25, 0.3) is 0 Å². The van der Waals surface area contributed by atoms with E-state index in [1.54, 1.807) is 0 Å². The summed E-state index contributed by atoms with van der Waals surface area (Å²) >= 11 is 0. The third kappa shape index (κ3) is 4.26.